The fraction of sp³-hybridized carbons (Fsp3) is 0.917. The van der Waals surface area contributed by atoms with Crippen LogP contribution in [0.3, 0.4) is 0 Å². The van der Waals surface area contributed by atoms with Crippen molar-refractivity contribution in [2.75, 3.05) is 13.1 Å². The first kappa shape index (κ1) is 10.9. The second kappa shape index (κ2) is 4.52. The third kappa shape index (κ3) is 2.33. The topological polar surface area (TPSA) is 40.5 Å². The van der Waals surface area contributed by atoms with Gasteiger partial charge in [0.1, 0.15) is 0 Å². The Balaban J connectivity index is 1.84. The van der Waals surface area contributed by atoms with E-state index >= 15 is 0 Å². The molecule has 15 heavy (non-hydrogen) atoms. The van der Waals surface area contributed by atoms with Gasteiger partial charge in [-0.15, -0.1) is 0 Å². The molecule has 1 heterocycles. The first-order chi connectivity index (χ1) is 7.20. The lowest BCUT2D eigenvalue weighted by atomic mass is 10.1. The molecule has 1 aliphatic carbocycles. The monoisotopic (exact) mass is 211 g/mol. The molecule has 3 unspecified atom stereocenters. The quantitative estimate of drug-likeness (QED) is 0.776. The van der Waals surface area contributed by atoms with Crippen LogP contribution in [0, 0.1) is 11.8 Å². The van der Waals surface area contributed by atoms with Crippen LogP contribution in [0.4, 0.5) is 0 Å². The van der Waals surface area contributed by atoms with E-state index in [0.717, 1.165) is 25.2 Å². The number of likely N-dealkylation sites (tertiary alicyclic amines) is 1. The van der Waals surface area contributed by atoms with Gasteiger partial charge in [0.2, 0.25) is 0 Å². The average molecular weight is 211 g/mol. The largest absolute Gasteiger partial charge is 0.481 e. The van der Waals surface area contributed by atoms with Crippen LogP contribution in [0.1, 0.15) is 39.0 Å². The molecule has 0 aromatic rings. The van der Waals surface area contributed by atoms with Crippen LogP contribution in [-0.4, -0.2) is 35.1 Å². The first-order valence-corrected chi connectivity index (χ1v) is 6.17. The number of aliphatic carboxylic acids is 1. The molecule has 0 spiro atoms. The van der Waals surface area contributed by atoms with Gasteiger partial charge in [-0.1, -0.05) is 13.3 Å². The second-order valence-electron chi connectivity index (χ2n) is 5.06. The molecule has 2 aliphatic rings. The standard InChI is InChI=1S/C12H21NO2/c1-2-9-5-6-13(8-9)11-4-3-10(7-11)12(14)15/h9-11H,2-8H2,1H3,(H,14,15). The molecule has 0 aromatic heterocycles. The third-order valence-corrected chi connectivity index (χ3v) is 4.17. The number of carbonyl (C=O) groups is 1. The van der Waals surface area contributed by atoms with Crippen LogP contribution in [0.2, 0.25) is 0 Å². The van der Waals surface area contributed by atoms with Gasteiger partial charge in [-0.3, -0.25) is 4.79 Å². The van der Waals surface area contributed by atoms with Crippen LogP contribution < -0.4 is 0 Å². The van der Waals surface area contributed by atoms with E-state index < -0.39 is 5.97 Å². The molecule has 1 N–H and O–H groups in total. The summed E-state index contributed by atoms with van der Waals surface area (Å²) in [5.74, 6) is 0.188. The Hall–Kier alpha value is -0.570. The van der Waals surface area contributed by atoms with Gasteiger partial charge in [-0.05, 0) is 38.1 Å². The summed E-state index contributed by atoms with van der Waals surface area (Å²) in [4.78, 5) is 13.4. The molecule has 3 atom stereocenters. The molecular weight excluding hydrogens is 190 g/mol. The maximum atomic E-state index is 10.9. The Morgan fingerprint density at radius 2 is 2.20 bits per heavy atom. The molecule has 86 valence electrons. The Morgan fingerprint density at radius 3 is 2.73 bits per heavy atom. The van der Waals surface area contributed by atoms with Crippen LogP contribution in [0.5, 0.6) is 0 Å². The lowest BCUT2D eigenvalue weighted by Gasteiger charge is -2.23. The Labute approximate surface area is 91.5 Å². The highest BCUT2D eigenvalue weighted by atomic mass is 16.4. The van der Waals surface area contributed by atoms with Crippen LogP contribution in [0.15, 0.2) is 0 Å². The van der Waals surface area contributed by atoms with E-state index in [0.29, 0.717) is 6.04 Å². The van der Waals surface area contributed by atoms with Gasteiger partial charge in [0, 0.05) is 12.6 Å². The number of hydrogen-bond acceptors (Lipinski definition) is 2. The van der Waals surface area contributed by atoms with Crippen molar-refractivity contribution >= 4 is 5.97 Å². The summed E-state index contributed by atoms with van der Waals surface area (Å²) in [7, 11) is 0. The molecule has 1 aliphatic heterocycles. The fourth-order valence-electron chi connectivity index (χ4n) is 3.04. The number of nitrogens with zero attached hydrogens (tertiary/aromatic N) is 1. The zero-order valence-corrected chi connectivity index (χ0v) is 9.48. The summed E-state index contributed by atoms with van der Waals surface area (Å²) in [5, 5.41) is 8.95. The second-order valence-corrected chi connectivity index (χ2v) is 5.06. The van der Waals surface area contributed by atoms with Crippen molar-refractivity contribution < 1.29 is 9.90 Å². The zero-order valence-electron chi connectivity index (χ0n) is 9.48. The minimum atomic E-state index is -0.594. The molecule has 0 amide bonds. The smallest absolute Gasteiger partial charge is 0.306 e. The number of carboxylic acids is 1. The highest BCUT2D eigenvalue weighted by Crippen LogP contribution is 2.33. The van der Waals surface area contributed by atoms with Crippen molar-refractivity contribution in [1.82, 2.24) is 4.90 Å². The maximum absolute atomic E-state index is 10.9. The Morgan fingerprint density at radius 1 is 1.40 bits per heavy atom. The van der Waals surface area contributed by atoms with E-state index in [2.05, 4.69) is 11.8 Å². The molecule has 3 heteroatoms. The molecule has 0 radical (unpaired) electrons. The van der Waals surface area contributed by atoms with Crippen molar-refractivity contribution in [1.29, 1.82) is 0 Å². The highest BCUT2D eigenvalue weighted by molar-refractivity contribution is 5.70. The van der Waals surface area contributed by atoms with Crippen LogP contribution >= 0.6 is 0 Å². The Kier molecular flexibility index (Phi) is 3.29. The van der Waals surface area contributed by atoms with E-state index in [1.54, 1.807) is 0 Å². The van der Waals surface area contributed by atoms with Gasteiger partial charge in [-0.25, -0.2) is 0 Å². The van der Waals surface area contributed by atoms with Gasteiger partial charge < -0.3 is 10.0 Å². The predicted octanol–water partition coefficient (Wildman–Crippen LogP) is 1.97. The van der Waals surface area contributed by atoms with E-state index in [1.807, 2.05) is 0 Å². The summed E-state index contributed by atoms with van der Waals surface area (Å²) in [6, 6.07) is 0.558. The van der Waals surface area contributed by atoms with E-state index in [9.17, 15) is 4.79 Å². The van der Waals surface area contributed by atoms with Crippen molar-refractivity contribution in [2.24, 2.45) is 11.8 Å². The van der Waals surface area contributed by atoms with Gasteiger partial charge in [0.05, 0.1) is 5.92 Å². The molecule has 0 aromatic carbocycles. The summed E-state index contributed by atoms with van der Waals surface area (Å²) in [6.07, 6.45) is 5.43. The summed E-state index contributed by atoms with van der Waals surface area (Å²) in [6.45, 7) is 4.64. The molecule has 1 saturated heterocycles. The van der Waals surface area contributed by atoms with Gasteiger partial charge >= 0.3 is 5.97 Å². The average Bonchev–Trinajstić information content (AvgIpc) is 2.86. The summed E-state index contributed by atoms with van der Waals surface area (Å²) < 4.78 is 0. The maximum Gasteiger partial charge on any atom is 0.306 e. The highest BCUT2D eigenvalue weighted by Gasteiger charge is 2.35. The predicted molar refractivity (Wildman–Crippen MR) is 58.7 cm³/mol. The number of carboxylic acid groups (broad SMARTS) is 1. The van der Waals surface area contributed by atoms with Crippen LogP contribution in [0.25, 0.3) is 0 Å². The van der Waals surface area contributed by atoms with E-state index in [4.69, 9.17) is 5.11 Å². The molecule has 1 saturated carbocycles. The molecule has 0 bridgehead atoms. The van der Waals surface area contributed by atoms with Crippen LogP contribution in [-0.2, 0) is 4.79 Å². The fourth-order valence-corrected chi connectivity index (χ4v) is 3.04. The summed E-state index contributed by atoms with van der Waals surface area (Å²) in [5.41, 5.74) is 0. The SMILES string of the molecule is CCC1CCN(C2CCC(C(=O)O)C2)C1. The minimum absolute atomic E-state index is 0.0734. The molecular formula is C12H21NO2. The van der Waals surface area contributed by atoms with Gasteiger partial charge in [0.15, 0.2) is 0 Å². The molecule has 2 rings (SSSR count). The van der Waals surface area contributed by atoms with E-state index in [-0.39, 0.29) is 5.92 Å². The van der Waals surface area contributed by atoms with Gasteiger partial charge in [-0.2, -0.15) is 0 Å². The number of hydrogen-bond donors (Lipinski definition) is 1. The number of rotatable bonds is 3. The van der Waals surface area contributed by atoms with Gasteiger partial charge in [0.25, 0.3) is 0 Å². The van der Waals surface area contributed by atoms with Crippen molar-refractivity contribution in [2.45, 2.75) is 45.1 Å². The minimum Gasteiger partial charge on any atom is -0.481 e. The Bertz CT molecular complexity index is 242. The lowest BCUT2D eigenvalue weighted by molar-refractivity contribution is -0.141. The summed E-state index contributed by atoms with van der Waals surface area (Å²) >= 11 is 0. The van der Waals surface area contributed by atoms with Crippen molar-refractivity contribution in [3.8, 4) is 0 Å². The molecule has 2 fully saturated rings. The van der Waals surface area contributed by atoms with E-state index in [1.165, 1.54) is 25.9 Å². The normalized spacial score (nSPS) is 37.3. The zero-order chi connectivity index (χ0) is 10.8. The van der Waals surface area contributed by atoms with Crippen molar-refractivity contribution in [3.05, 3.63) is 0 Å². The molecule has 3 nitrogen and oxygen atoms in total. The van der Waals surface area contributed by atoms with Crippen molar-refractivity contribution in [3.63, 3.8) is 0 Å². The lowest BCUT2D eigenvalue weighted by Crippen LogP contribution is -2.31. The third-order valence-electron chi connectivity index (χ3n) is 4.17. The first-order valence-electron chi connectivity index (χ1n) is 6.17.